The maximum atomic E-state index is 6.39. The van der Waals surface area contributed by atoms with Crippen LogP contribution in [-0.4, -0.2) is 67.1 Å². The van der Waals surface area contributed by atoms with Gasteiger partial charge in [-0.15, -0.1) is 11.3 Å². The van der Waals surface area contributed by atoms with Gasteiger partial charge < -0.3 is 37.9 Å². The first kappa shape index (κ1) is 34.7. The third-order valence-electron chi connectivity index (χ3n) is 6.51. The molecule has 0 N–H and O–H groups in total. The molecule has 3 rings (SSSR count). The highest BCUT2D eigenvalue weighted by Gasteiger charge is 2.29. The molecule has 0 spiro atoms. The van der Waals surface area contributed by atoms with Gasteiger partial charge in [0.25, 0.3) is 0 Å². The monoisotopic (exact) mass is 616 g/mol. The van der Waals surface area contributed by atoms with Crippen molar-refractivity contribution in [2.24, 2.45) is 0 Å². The van der Waals surface area contributed by atoms with E-state index in [4.69, 9.17) is 37.9 Å². The number of rotatable bonds is 18. The van der Waals surface area contributed by atoms with Gasteiger partial charge in [-0.3, -0.25) is 0 Å². The van der Waals surface area contributed by atoms with Gasteiger partial charge in [-0.1, -0.05) is 0 Å². The number of hydrogen-bond acceptors (Lipinski definition) is 9. The lowest BCUT2D eigenvalue weighted by Crippen LogP contribution is -2.09. The first-order valence-corrected chi connectivity index (χ1v) is 15.5. The Bertz CT molecular complexity index is 1220. The van der Waals surface area contributed by atoms with Crippen molar-refractivity contribution in [2.75, 3.05) is 54.9 Å². The van der Waals surface area contributed by atoms with Gasteiger partial charge in [-0.2, -0.15) is 0 Å². The molecular formula is C34H48O8S. The average Bonchev–Trinajstić information content (AvgIpc) is 3.28. The van der Waals surface area contributed by atoms with Gasteiger partial charge in [0.05, 0.1) is 77.2 Å². The Hall–Kier alpha value is -2.82. The molecule has 0 fully saturated rings. The lowest BCUT2D eigenvalue weighted by atomic mass is 9.98. The molecule has 43 heavy (non-hydrogen) atoms. The minimum atomic E-state index is -0.0359. The van der Waals surface area contributed by atoms with Crippen LogP contribution in [0.3, 0.4) is 0 Å². The molecule has 8 nitrogen and oxygen atoms in total. The van der Waals surface area contributed by atoms with Crippen LogP contribution in [-0.2, 0) is 32.2 Å². The van der Waals surface area contributed by atoms with E-state index in [1.807, 2.05) is 53.7 Å². The van der Waals surface area contributed by atoms with Gasteiger partial charge in [-0.05, 0) is 76.9 Å². The number of benzene rings is 2. The standard InChI is InChI=1S/C34H48O8S/c1-21(2)41-29-17-23(5)15-27(37-9)31(29)33-25(19-39-13-11-35-7)26(20-40-14-12-36-8)34(43-33)32-28(38-10)16-24(6)18-30(32)42-22(3)4/h15-18,21-22H,11-14,19-20H2,1-10H3. The normalized spacial score (nSPS) is 11.4. The average molecular weight is 617 g/mol. The summed E-state index contributed by atoms with van der Waals surface area (Å²) in [5.74, 6) is 2.95. The number of thiophene rings is 1. The fourth-order valence-corrected chi connectivity index (χ4v) is 6.17. The summed E-state index contributed by atoms with van der Waals surface area (Å²) in [5.41, 5.74) is 5.81. The van der Waals surface area contributed by atoms with E-state index in [1.165, 1.54) is 0 Å². The molecule has 0 aliphatic carbocycles. The van der Waals surface area contributed by atoms with Crippen molar-refractivity contribution in [1.82, 2.24) is 0 Å². The Kier molecular flexibility index (Phi) is 13.6. The fraction of sp³-hybridized carbons (Fsp3) is 0.529. The Balaban J connectivity index is 2.42. The van der Waals surface area contributed by atoms with E-state index in [0.717, 1.165) is 66.1 Å². The largest absolute Gasteiger partial charge is 0.496 e. The van der Waals surface area contributed by atoms with E-state index in [2.05, 4.69) is 12.1 Å². The number of aryl methyl sites for hydroxylation is 2. The van der Waals surface area contributed by atoms with Crippen LogP contribution in [0, 0.1) is 13.8 Å². The predicted molar refractivity (Wildman–Crippen MR) is 172 cm³/mol. The quantitative estimate of drug-likeness (QED) is 0.135. The van der Waals surface area contributed by atoms with Gasteiger partial charge in [0.2, 0.25) is 0 Å². The summed E-state index contributed by atoms with van der Waals surface area (Å²) in [4.78, 5) is 1.95. The van der Waals surface area contributed by atoms with Crippen LogP contribution < -0.4 is 18.9 Å². The van der Waals surface area contributed by atoms with E-state index in [0.29, 0.717) is 39.6 Å². The van der Waals surface area contributed by atoms with Crippen molar-refractivity contribution in [3.8, 4) is 43.9 Å². The molecule has 0 amide bonds. The van der Waals surface area contributed by atoms with E-state index in [1.54, 1.807) is 39.8 Å². The summed E-state index contributed by atoms with van der Waals surface area (Å²) in [6.45, 7) is 14.7. The summed E-state index contributed by atoms with van der Waals surface area (Å²) in [7, 11) is 6.71. The second-order valence-corrected chi connectivity index (χ2v) is 11.8. The summed E-state index contributed by atoms with van der Waals surface area (Å²) in [5, 5.41) is 0. The van der Waals surface area contributed by atoms with Crippen LogP contribution in [0.4, 0.5) is 0 Å². The summed E-state index contributed by atoms with van der Waals surface area (Å²) in [6, 6.07) is 8.18. The smallest absolute Gasteiger partial charge is 0.132 e. The molecule has 0 bridgehead atoms. The highest BCUT2D eigenvalue weighted by molar-refractivity contribution is 7.19. The Labute approximate surface area is 261 Å². The Morgan fingerprint density at radius 2 is 0.930 bits per heavy atom. The van der Waals surface area contributed by atoms with Crippen LogP contribution >= 0.6 is 11.3 Å². The zero-order valence-electron chi connectivity index (χ0n) is 27.4. The molecule has 3 aromatic rings. The summed E-state index contributed by atoms with van der Waals surface area (Å²) < 4.78 is 47.6. The summed E-state index contributed by atoms with van der Waals surface area (Å²) in [6.07, 6.45) is -0.0719. The van der Waals surface area contributed by atoms with Crippen LogP contribution in [0.1, 0.15) is 49.9 Å². The molecule has 0 unspecified atom stereocenters. The van der Waals surface area contributed by atoms with Crippen molar-refractivity contribution < 1.29 is 37.9 Å². The molecule has 0 saturated carbocycles. The maximum absolute atomic E-state index is 6.39. The van der Waals surface area contributed by atoms with E-state index in [9.17, 15) is 0 Å². The van der Waals surface area contributed by atoms with Crippen molar-refractivity contribution in [1.29, 1.82) is 0 Å². The van der Waals surface area contributed by atoms with Gasteiger partial charge in [0.15, 0.2) is 0 Å². The topological polar surface area (TPSA) is 73.8 Å². The highest BCUT2D eigenvalue weighted by atomic mass is 32.1. The number of ether oxygens (including phenoxy) is 8. The number of methoxy groups -OCH3 is 4. The second kappa shape index (κ2) is 16.9. The van der Waals surface area contributed by atoms with Crippen molar-refractivity contribution in [3.05, 3.63) is 46.5 Å². The molecule has 0 saturated heterocycles. The first-order valence-electron chi connectivity index (χ1n) is 14.6. The van der Waals surface area contributed by atoms with E-state index >= 15 is 0 Å². The van der Waals surface area contributed by atoms with E-state index in [-0.39, 0.29) is 12.2 Å². The minimum Gasteiger partial charge on any atom is -0.496 e. The lowest BCUT2D eigenvalue weighted by molar-refractivity contribution is 0.0539. The van der Waals surface area contributed by atoms with Crippen molar-refractivity contribution in [2.45, 2.75) is 67.0 Å². The molecule has 0 aliphatic rings. The van der Waals surface area contributed by atoms with Gasteiger partial charge in [0.1, 0.15) is 23.0 Å². The van der Waals surface area contributed by atoms with Gasteiger partial charge in [0, 0.05) is 35.1 Å². The van der Waals surface area contributed by atoms with Crippen LogP contribution in [0.5, 0.6) is 23.0 Å². The highest BCUT2D eigenvalue weighted by Crippen LogP contribution is 2.53. The van der Waals surface area contributed by atoms with E-state index < -0.39 is 0 Å². The van der Waals surface area contributed by atoms with Crippen LogP contribution in [0.2, 0.25) is 0 Å². The molecule has 0 aliphatic heterocycles. The second-order valence-electron chi connectivity index (χ2n) is 10.8. The zero-order valence-corrected chi connectivity index (χ0v) is 28.2. The van der Waals surface area contributed by atoms with Crippen molar-refractivity contribution in [3.63, 3.8) is 0 Å². The Morgan fingerprint density at radius 3 is 1.26 bits per heavy atom. The molecule has 1 heterocycles. The van der Waals surface area contributed by atoms with Crippen LogP contribution in [0.15, 0.2) is 24.3 Å². The maximum Gasteiger partial charge on any atom is 0.132 e. The summed E-state index contributed by atoms with van der Waals surface area (Å²) >= 11 is 1.63. The molecule has 238 valence electrons. The molecule has 0 atom stereocenters. The molecule has 9 heteroatoms. The minimum absolute atomic E-state index is 0.0359. The third-order valence-corrected chi connectivity index (χ3v) is 7.82. The first-order chi connectivity index (χ1) is 20.6. The van der Waals surface area contributed by atoms with Crippen LogP contribution in [0.25, 0.3) is 20.9 Å². The van der Waals surface area contributed by atoms with Gasteiger partial charge in [-0.25, -0.2) is 0 Å². The molecular weight excluding hydrogens is 568 g/mol. The molecule has 2 aromatic carbocycles. The van der Waals surface area contributed by atoms with Gasteiger partial charge >= 0.3 is 0 Å². The number of hydrogen-bond donors (Lipinski definition) is 0. The molecule has 0 radical (unpaired) electrons. The lowest BCUT2D eigenvalue weighted by Gasteiger charge is -2.19. The SMILES string of the molecule is COCCOCc1c(-c2c(OC)cc(C)cc2OC(C)C)sc(-c2c(OC)cc(C)cc2OC(C)C)c1COCCOC. The van der Waals surface area contributed by atoms with Crippen molar-refractivity contribution >= 4 is 11.3 Å². The predicted octanol–water partition coefficient (Wildman–Crippen LogP) is 7.62. The third kappa shape index (κ3) is 9.09. The molecule has 1 aromatic heterocycles. The fourth-order valence-electron chi connectivity index (χ4n) is 4.75. The Morgan fingerprint density at radius 1 is 0.558 bits per heavy atom. The zero-order chi connectivity index (χ0) is 31.5.